The molecule has 1 fully saturated rings. The van der Waals surface area contributed by atoms with Crippen molar-refractivity contribution >= 4 is 0 Å². The number of pyridine rings is 1. The van der Waals surface area contributed by atoms with Gasteiger partial charge in [0.1, 0.15) is 7.05 Å². The predicted molar refractivity (Wildman–Crippen MR) is 126 cm³/mol. The van der Waals surface area contributed by atoms with E-state index in [1.54, 1.807) is 0 Å². The highest BCUT2D eigenvalue weighted by atomic mass is 14.9. The van der Waals surface area contributed by atoms with Crippen molar-refractivity contribution in [3.8, 4) is 22.4 Å². The molecule has 1 heterocycles. The molecule has 5 rings (SSSR count). The second kappa shape index (κ2) is 7.69. The van der Waals surface area contributed by atoms with Crippen LogP contribution in [0.4, 0.5) is 0 Å². The topological polar surface area (TPSA) is 3.88 Å². The van der Waals surface area contributed by atoms with E-state index in [2.05, 4.69) is 41.8 Å². The van der Waals surface area contributed by atoms with Crippen LogP contribution in [0.1, 0.15) is 64.9 Å². The number of nitrogens with zero attached hydrogens (tertiary/aromatic N) is 1. The lowest BCUT2D eigenvalue weighted by Gasteiger charge is -2.41. The molecule has 1 heteroatoms. The normalized spacial score (nSPS) is 19.6. The molecule has 154 valence electrons. The van der Waals surface area contributed by atoms with Crippen molar-refractivity contribution in [3.63, 3.8) is 0 Å². The number of rotatable bonds is 2. The summed E-state index contributed by atoms with van der Waals surface area (Å²) in [7, 11) is 2.01. The van der Waals surface area contributed by atoms with E-state index in [9.17, 15) is 0 Å². The maximum atomic E-state index is 8.29. The van der Waals surface area contributed by atoms with Gasteiger partial charge in [0.15, 0.2) is 6.20 Å². The number of fused-ring (bicyclic) bond motifs is 1. The highest BCUT2D eigenvalue weighted by Crippen LogP contribution is 2.46. The summed E-state index contributed by atoms with van der Waals surface area (Å²) in [5.41, 5.74) is 8.80. The second-order valence-electron chi connectivity index (χ2n) is 9.63. The van der Waals surface area contributed by atoms with Gasteiger partial charge in [-0.2, -0.15) is 0 Å². The summed E-state index contributed by atoms with van der Waals surface area (Å²) >= 11 is 0. The molecule has 30 heavy (non-hydrogen) atoms. The highest BCUT2D eigenvalue weighted by molar-refractivity contribution is 5.70. The van der Waals surface area contributed by atoms with Gasteiger partial charge in [-0.1, -0.05) is 55.7 Å². The number of benzene rings is 2. The lowest BCUT2D eigenvalue weighted by atomic mass is 9.64. The van der Waals surface area contributed by atoms with Gasteiger partial charge in [-0.25, -0.2) is 4.57 Å². The molecule has 3 aromatic rings. The molecule has 1 spiro atoms. The summed E-state index contributed by atoms with van der Waals surface area (Å²) in [6.45, 7) is -0.107. The fourth-order valence-electron chi connectivity index (χ4n) is 5.83. The summed E-state index contributed by atoms with van der Waals surface area (Å²) in [5, 5.41) is 0. The molecule has 0 unspecified atom stereocenters. The van der Waals surface area contributed by atoms with E-state index in [1.165, 1.54) is 56.1 Å². The van der Waals surface area contributed by atoms with Crippen molar-refractivity contribution in [3.05, 3.63) is 77.0 Å². The standard InChI is InChI=1S/C29H34N/c1-21-9-5-6-10-26(21)28-17-22(2)27(20-30(28)3)24-11-12-25-19-29(14-7-4-8-15-29)16-13-23(25)18-24/h5-6,9-12,17-18,20H,4,7-8,13-16,19H2,1-3H3/q+1/i2D3. The van der Waals surface area contributed by atoms with Gasteiger partial charge in [0.25, 0.3) is 0 Å². The molecule has 0 bridgehead atoms. The van der Waals surface area contributed by atoms with Gasteiger partial charge in [0.2, 0.25) is 5.69 Å². The second-order valence-corrected chi connectivity index (χ2v) is 9.63. The van der Waals surface area contributed by atoms with Crippen LogP contribution < -0.4 is 4.57 Å². The van der Waals surface area contributed by atoms with Crippen LogP contribution in [-0.2, 0) is 19.9 Å². The Morgan fingerprint density at radius 1 is 0.867 bits per heavy atom. The SMILES string of the molecule is [2H]C([2H])([2H])c1cc(-c2ccccc2C)[n+](C)cc1-c1ccc2c(c1)CCC1(CCCCC1)C2. The third-order valence-corrected chi connectivity index (χ3v) is 7.62. The van der Waals surface area contributed by atoms with E-state index >= 15 is 0 Å². The fraction of sp³-hybridized carbons (Fsp3) is 0.414. The van der Waals surface area contributed by atoms with Gasteiger partial charge < -0.3 is 0 Å². The Morgan fingerprint density at radius 2 is 1.70 bits per heavy atom. The van der Waals surface area contributed by atoms with E-state index in [0.717, 1.165) is 34.4 Å². The monoisotopic (exact) mass is 399 g/mol. The molecule has 0 atom stereocenters. The molecular formula is C29H34N+. The zero-order valence-electron chi connectivity index (χ0n) is 21.3. The summed E-state index contributed by atoms with van der Waals surface area (Å²) in [6.07, 6.45) is 12.5. The molecule has 1 nitrogen and oxygen atoms in total. The van der Waals surface area contributed by atoms with Crippen LogP contribution in [0.3, 0.4) is 0 Å². The highest BCUT2D eigenvalue weighted by Gasteiger charge is 2.35. The molecule has 0 aliphatic heterocycles. The smallest absolute Gasteiger partial charge is 0.200 e. The Hall–Kier alpha value is -2.41. The van der Waals surface area contributed by atoms with Gasteiger partial charge in [0, 0.05) is 21.3 Å². The van der Waals surface area contributed by atoms with E-state index in [4.69, 9.17) is 4.11 Å². The van der Waals surface area contributed by atoms with Crippen LogP contribution >= 0.6 is 0 Å². The minimum Gasteiger partial charge on any atom is -0.200 e. The van der Waals surface area contributed by atoms with Gasteiger partial charge in [-0.15, -0.1) is 0 Å². The molecular weight excluding hydrogens is 362 g/mol. The minimum atomic E-state index is -2.18. The Kier molecular flexibility index (Phi) is 4.18. The first-order valence-electron chi connectivity index (χ1n) is 13.0. The maximum absolute atomic E-state index is 8.29. The molecule has 1 saturated carbocycles. The van der Waals surface area contributed by atoms with E-state index in [0.29, 0.717) is 11.0 Å². The van der Waals surface area contributed by atoms with Crippen LogP contribution in [0.5, 0.6) is 0 Å². The lowest BCUT2D eigenvalue weighted by Crippen LogP contribution is -2.32. The molecule has 0 amide bonds. The minimum absolute atomic E-state index is 0.429. The number of aromatic nitrogens is 1. The largest absolute Gasteiger partial charge is 0.212 e. The van der Waals surface area contributed by atoms with Gasteiger partial charge in [-0.05, 0) is 85.2 Å². The number of hydrogen-bond acceptors (Lipinski definition) is 0. The van der Waals surface area contributed by atoms with E-state index in [1.807, 2.05) is 31.4 Å². The summed E-state index contributed by atoms with van der Waals surface area (Å²) in [4.78, 5) is 0. The van der Waals surface area contributed by atoms with Crippen LogP contribution in [0.15, 0.2) is 54.7 Å². The average Bonchev–Trinajstić information content (AvgIpc) is 2.79. The zero-order valence-corrected chi connectivity index (χ0v) is 18.3. The number of hydrogen-bond donors (Lipinski definition) is 0. The number of aryl methyl sites for hydroxylation is 4. The quantitative estimate of drug-likeness (QED) is 0.413. The zero-order chi connectivity index (χ0) is 23.2. The fourth-order valence-corrected chi connectivity index (χ4v) is 5.83. The maximum Gasteiger partial charge on any atom is 0.212 e. The van der Waals surface area contributed by atoms with Crippen molar-refractivity contribution in [1.82, 2.24) is 0 Å². The van der Waals surface area contributed by atoms with Crippen molar-refractivity contribution in [2.75, 3.05) is 0 Å². The Balaban J connectivity index is 1.57. The van der Waals surface area contributed by atoms with Crippen molar-refractivity contribution in [2.24, 2.45) is 12.5 Å². The van der Waals surface area contributed by atoms with Gasteiger partial charge in [0.05, 0.1) is 0 Å². The molecule has 2 aromatic carbocycles. The van der Waals surface area contributed by atoms with Crippen LogP contribution in [0, 0.1) is 19.2 Å². The average molecular weight is 400 g/mol. The molecule has 2 aliphatic carbocycles. The third-order valence-electron chi connectivity index (χ3n) is 7.62. The molecule has 0 N–H and O–H groups in total. The van der Waals surface area contributed by atoms with Crippen LogP contribution in [-0.4, -0.2) is 0 Å². The summed E-state index contributed by atoms with van der Waals surface area (Å²) in [5.74, 6) is 0. The molecule has 1 aromatic heterocycles. The molecule has 2 aliphatic rings. The van der Waals surface area contributed by atoms with Gasteiger partial charge in [-0.3, -0.25) is 0 Å². The Labute approximate surface area is 186 Å². The first-order valence-corrected chi connectivity index (χ1v) is 11.5. The predicted octanol–water partition coefficient (Wildman–Crippen LogP) is 6.90. The van der Waals surface area contributed by atoms with Crippen LogP contribution in [0.25, 0.3) is 22.4 Å². The van der Waals surface area contributed by atoms with Gasteiger partial charge >= 0.3 is 0 Å². The van der Waals surface area contributed by atoms with E-state index in [-0.39, 0.29) is 0 Å². The molecule has 0 saturated heterocycles. The third kappa shape index (κ3) is 3.49. The molecule has 0 radical (unpaired) electrons. The van der Waals surface area contributed by atoms with Crippen molar-refractivity contribution < 1.29 is 8.68 Å². The summed E-state index contributed by atoms with van der Waals surface area (Å²) in [6, 6.07) is 16.7. The van der Waals surface area contributed by atoms with E-state index < -0.39 is 6.85 Å². The van der Waals surface area contributed by atoms with Crippen molar-refractivity contribution in [1.29, 1.82) is 0 Å². The summed E-state index contributed by atoms with van der Waals surface area (Å²) < 4.78 is 26.9. The lowest BCUT2D eigenvalue weighted by molar-refractivity contribution is -0.660. The Morgan fingerprint density at radius 3 is 2.50 bits per heavy atom. The van der Waals surface area contributed by atoms with Crippen molar-refractivity contribution in [2.45, 2.75) is 65.1 Å². The van der Waals surface area contributed by atoms with Crippen LogP contribution in [0.2, 0.25) is 0 Å². The Bertz CT molecular complexity index is 1190. The first kappa shape index (κ1) is 16.3. The first-order chi connectivity index (χ1) is 15.8.